The third kappa shape index (κ3) is 9.43. The number of hydrogen-bond donors (Lipinski definition) is 2. The molecule has 1 atom stereocenters. The van der Waals surface area contributed by atoms with E-state index in [2.05, 4.69) is 46.5 Å². The SMILES string of the molecule is CN=C(NCc1cccc(OC(C)C)c1)NCC1CN(CC(C)C)CCO1.I. The number of halogens is 1. The lowest BCUT2D eigenvalue weighted by molar-refractivity contribution is -0.0284. The first-order chi connectivity index (χ1) is 13.0. The molecule has 0 aromatic heterocycles. The highest BCUT2D eigenvalue weighted by Gasteiger charge is 2.21. The molecule has 1 aromatic carbocycles. The molecule has 0 aliphatic carbocycles. The van der Waals surface area contributed by atoms with E-state index >= 15 is 0 Å². The molecule has 28 heavy (non-hydrogen) atoms. The van der Waals surface area contributed by atoms with Crippen LogP contribution in [-0.2, 0) is 11.3 Å². The summed E-state index contributed by atoms with van der Waals surface area (Å²) in [4.78, 5) is 6.80. The Bertz CT molecular complexity index is 596. The summed E-state index contributed by atoms with van der Waals surface area (Å²) in [6.45, 7) is 14.0. The van der Waals surface area contributed by atoms with Crippen molar-refractivity contribution in [3.05, 3.63) is 29.8 Å². The van der Waals surface area contributed by atoms with E-state index < -0.39 is 0 Å². The van der Waals surface area contributed by atoms with Crippen molar-refractivity contribution in [1.29, 1.82) is 0 Å². The van der Waals surface area contributed by atoms with E-state index in [0.717, 1.165) is 50.1 Å². The van der Waals surface area contributed by atoms with Crippen molar-refractivity contribution in [2.24, 2.45) is 10.9 Å². The molecule has 0 amide bonds. The number of morpholine rings is 1. The van der Waals surface area contributed by atoms with Gasteiger partial charge in [-0.1, -0.05) is 26.0 Å². The van der Waals surface area contributed by atoms with Crippen LogP contribution in [0.1, 0.15) is 33.3 Å². The molecule has 2 N–H and O–H groups in total. The summed E-state index contributed by atoms with van der Waals surface area (Å²) >= 11 is 0. The van der Waals surface area contributed by atoms with Crippen LogP contribution in [0.25, 0.3) is 0 Å². The summed E-state index contributed by atoms with van der Waals surface area (Å²) in [6.07, 6.45) is 0.368. The van der Waals surface area contributed by atoms with Gasteiger partial charge < -0.3 is 20.1 Å². The van der Waals surface area contributed by atoms with Gasteiger partial charge in [-0.3, -0.25) is 9.89 Å². The third-order valence-corrected chi connectivity index (χ3v) is 4.30. The van der Waals surface area contributed by atoms with Crippen LogP contribution >= 0.6 is 24.0 Å². The Morgan fingerprint density at radius 2 is 2.07 bits per heavy atom. The Labute approximate surface area is 187 Å². The molecule has 0 saturated carbocycles. The molecule has 1 aliphatic heterocycles. The van der Waals surface area contributed by atoms with Crippen LogP contribution in [0.4, 0.5) is 0 Å². The van der Waals surface area contributed by atoms with Crippen molar-refractivity contribution < 1.29 is 9.47 Å². The monoisotopic (exact) mass is 504 g/mol. The second kappa shape index (κ2) is 13.2. The summed E-state index contributed by atoms with van der Waals surface area (Å²) in [5.74, 6) is 2.37. The maximum atomic E-state index is 5.90. The Kier molecular flexibility index (Phi) is 11.8. The van der Waals surface area contributed by atoms with Crippen LogP contribution in [0, 0.1) is 5.92 Å². The van der Waals surface area contributed by atoms with Gasteiger partial charge in [-0.2, -0.15) is 0 Å². The molecule has 1 fully saturated rings. The number of rotatable bonds is 8. The van der Waals surface area contributed by atoms with E-state index in [0.29, 0.717) is 12.5 Å². The first-order valence-electron chi connectivity index (χ1n) is 10.00. The van der Waals surface area contributed by atoms with Crippen LogP contribution < -0.4 is 15.4 Å². The van der Waals surface area contributed by atoms with E-state index in [1.165, 1.54) is 0 Å². The van der Waals surface area contributed by atoms with Gasteiger partial charge in [0.1, 0.15) is 5.75 Å². The van der Waals surface area contributed by atoms with Gasteiger partial charge in [0.25, 0.3) is 0 Å². The zero-order chi connectivity index (χ0) is 19.6. The largest absolute Gasteiger partial charge is 0.491 e. The Morgan fingerprint density at radius 1 is 1.29 bits per heavy atom. The first kappa shape index (κ1) is 25.0. The minimum Gasteiger partial charge on any atom is -0.491 e. The van der Waals surface area contributed by atoms with Gasteiger partial charge in [0, 0.05) is 39.8 Å². The smallest absolute Gasteiger partial charge is 0.191 e. The summed E-state index contributed by atoms with van der Waals surface area (Å²) < 4.78 is 11.7. The van der Waals surface area contributed by atoms with Crippen LogP contribution in [0.15, 0.2) is 29.3 Å². The van der Waals surface area contributed by atoms with Crippen molar-refractivity contribution >= 4 is 29.9 Å². The highest BCUT2D eigenvalue weighted by Crippen LogP contribution is 2.14. The number of nitrogens with one attached hydrogen (secondary N) is 2. The van der Waals surface area contributed by atoms with Gasteiger partial charge in [0.15, 0.2) is 5.96 Å². The fraction of sp³-hybridized carbons (Fsp3) is 0.667. The third-order valence-electron chi connectivity index (χ3n) is 4.30. The number of ether oxygens (including phenoxy) is 2. The molecule has 1 saturated heterocycles. The van der Waals surface area contributed by atoms with Crippen LogP contribution in [-0.4, -0.2) is 62.9 Å². The quantitative estimate of drug-likeness (QED) is 0.324. The van der Waals surface area contributed by atoms with E-state index in [-0.39, 0.29) is 36.2 Å². The van der Waals surface area contributed by atoms with Gasteiger partial charge in [0.05, 0.1) is 18.8 Å². The lowest BCUT2D eigenvalue weighted by Crippen LogP contribution is -2.50. The zero-order valence-electron chi connectivity index (χ0n) is 17.9. The predicted octanol–water partition coefficient (Wildman–Crippen LogP) is 3.11. The van der Waals surface area contributed by atoms with E-state index in [1.807, 2.05) is 26.0 Å². The Hall–Kier alpha value is -1.06. The number of hydrogen-bond acceptors (Lipinski definition) is 4. The molecular formula is C21H37IN4O2. The fourth-order valence-electron chi connectivity index (χ4n) is 3.20. The second-order valence-corrected chi connectivity index (χ2v) is 7.77. The normalized spacial score (nSPS) is 18.1. The molecule has 2 rings (SSSR count). The van der Waals surface area contributed by atoms with Gasteiger partial charge in [-0.05, 0) is 37.5 Å². The van der Waals surface area contributed by atoms with Gasteiger partial charge in [-0.15, -0.1) is 24.0 Å². The lowest BCUT2D eigenvalue weighted by Gasteiger charge is -2.34. The molecule has 160 valence electrons. The molecule has 7 heteroatoms. The maximum Gasteiger partial charge on any atom is 0.191 e. The Balaban J connectivity index is 0.00000392. The van der Waals surface area contributed by atoms with Crippen molar-refractivity contribution in [2.75, 3.05) is 39.8 Å². The minimum absolute atomic E-state index is 0. The van der Waals surface area contributed by atoms with E-state index in [1.54, 1.807) is 7.05 Å². The number of nitrogens with zero attached hydrogens (tertiary/aromatic N) is 2. The maximum absolute atomic E-state index is 5.90. The minimum atomic E-state index is 0. The number of aliphatic imine (C=N–C) groups is 1. The summed E-state index contributed by atoms with van der Waals surface area (Å²) in [5, 5.41) is 6.75. The zero-order valence-corrected chi connectivity index (χ0v) is 20.2. The summed E-state index contributed by atoms with van der Waals surface area (Å²) in [7, 11) is 1.79. The highest BCUT2D eigenvalue weighted by molar-refractivity contribution is 14.0. The molecule has 1 heterocycles. The topological polar surface area (TPSA) is 58.1 Å². The summed E-state index contributed by atoms with van der Waals surface area (Å²) in [5.41, 5.74) is 1.16. The van der Waals surface area contributed by atoms with Crippen molar-refractivity contribution in [2.45, 2.75) is 46.4 Å². The first-order valence-corrected chi connectivity index (χ1v) is 10.00. The molecule has 1 unspecified atom stereocenters. The second-order valence-electron chi connectivity index (χ2n) is 7.77. The predicted molar refractivity (Wildman–Crippen MR) is 127 cm³/mol. The van der Waals surface area contributed by atoms with Crippen LogP contribution in [0.5, 0.6) is 5.75 Å². The molecule has 0 radical (unpaired) electrons. The molecule has 0 spiro atoms. The molecule has 1 aliphatic rings. The Morgan fingerprint density at radius 3 is 2.75 bits per heavy atom. The van der Waals surface area contributed by atoms with E-state index in [4.69, 9.17) is 9.47 Å². The fourth-order valence-corrected chi connectivity index (χ4v) is 3.20. The molecule has 6 nitrogen and oxygen atoms in total. The molecule has 1 aromatic rings. The standard InChI is InChI=1S/C21H36N4O2.HI/c1-16(2)14-25-9-10-26-20(15-25)13-24-21(22-5)23-12-18-7-6-8-19(11-18)27-17(3)4;/h6-8,11,16-17,20H,9-10,12-15H2,1-5H3,(H2,22,23,24);1H. The van der Waals surface area contributed by atoms with Gasteiger partial charge in [-0.25, -0.2) is 0 Å². The van der Waals surface area contributed by atoms with Crippen LogP contribution in [0.3, 0.4) is 0 Å². The van der Waals surface area contributed by atoms with Crippen molar-refractivity contribution in [1.82, 2.24) is 15.5 Å². The van der Waals surface area contributed by atoms with Crippen LogP contribution in [0.2, 0.25) is 0 Å². The number of benzene rings is 1. The van der Waals surface area contributed by atoms with Gasteiger partial charge in [0.2, 0.25) is 0 Å². The lowest BCUT2D eigenvalue weighted by atomic mass is 10.2. The molecule has 0 bridgehead atoms. The van der Waals surface area contributed by atoms with Gasteiger partial charge >= 0.3 is 0 Å². The highest BCUT2D eigenvalue weighted by atomic mass is 127. The van der Waals surface area contributed by atoms with E-state index in [9.17, 15) is 0 Å². The average molecular weight is 504 g/mol. The molecular weight excluding hydrogens is 467 g/mol. The number of guanidine groups is 1. The average Bonchev–Trinajstić information content (AvgIpc) is 2.61. The van der Waals surface area contributed by atoms with Crippen molar-refractivity contribution in [3.8, 4) is 5.75 Å². The summed E-state index contributed by atoms with van der Waals surface area (Å²) in [6, 6.07) is 8.15. The van der Waals surface area contributed by atoms with Crippen molar-refractivity contribution in [3.63, 3.8) is 0 Å².